The molecule has 20 heavy (non-hydrogen) atoms. The molecular weight excluding hydrogens is 271 g/mol. The van der Waals surface area contributed by atoms with Crippen molar-refractivity contribution in [2.24, 2.45) is 11.1 Å². The summed E-state index contributed by atoms with van der Waals surface area (Å²) in [5, 5.41) is 2.52. The van der Waals surface area contributed by atoms with Gasteiger partial charge in [-0.25, -0.2) is 4.98 Å². The van der Waals surface area contributed by atoms with Gasteiger partial charge in [0.1, 0.15) is 5.69 Å². The van der Waals surface area contributed by atoms with Crippen LogP contribution in [0.1, 0.15) is 33.4 Å². The Bertz CT molecular complexity index is 487. The molecule has 1 aromatic rings. The molecule has 0 atom stereocenters. The molecule has 0 saturated carbocycles. The number of pyridine rings is 1. The van der Waals surface area contributed by atoms with Crippen molar-refractivity contribution in [1.29, 1.82) is 0 Å². The van der Waals surface area contributed by atoms with E-state index in [1.54, 1.807) is 27.7 Å². The predicted octanol–water partition coefficient (Wildman–Crippen LogP) is 2.80. The van der Waals surface area contributed by atoms with Crippen molar-refractivity contribution in [3.63, 3.8) is 0 Å². The van der Waals surface area contributed by atoms with Gasteiger partial charge in [0.05, 0.1) is 17.3 Å². The average Bonchev–Trinajstić information content (AvgIpc) is 2.26. The lowest BCUT2D eigenvalue weighted by atomic mass is 9.74. The van der Waals surface area contributed by atoms with E-state index in [0.29, 0.717) is 0 Å². The molecule has 1 rings (SSSR count). The molecule has 0 aromatic carbocycles. The highest BCUT2D eigenvalue weighted by molar-refractivity contribution is 5.95. The summed E-state index contributed by atoms with van der Waals surface area (Å²) < 4.78 is 37.1. The fourth-order valence-electron chi connectivity index (χ4n) is 1.22. The standard InChI is InChI=1S/C13H18F3N3O/c1-11(2,12(3,4)17)10(20)19-8-5-6-9(18-7-8)13(14,15)16/h5-7H,17H2,1-4H3,(H,19,20). The lowest BCUT2D eigenvalue weighted by Crippen LogP contribution is -2.53. The summed E-state index contributed by atoms with van der Waals surface area (Å²) in [6.45, 7) is 6.74. The van der Waals surface area contributed by atoms with E-state index in [2.05, 4.69) is 10.3 Å². The monoisotopic (exact) mass is 289 g/mol. The van der Waals surface area contributed by atoms with Crippen LogP contribution in [0.5, 0.6) is 0 Å². The Kier molecular flexibility index (Phi) is 4.14. The topological polar surface area (TPSA) is 68.0 Å². The van der Waals surface area contributed by atoms with Gasteiger partial charge >= 0.3 is 6.18 Å². The molecule has 1 heterocycles. The lowest BCUT2D eigenvalue weighted by molar-refractivity contribution is -0.141. The minimum absolute atomic E-state index is 0.195. The van der Waals surface area contributed by atoms with Gasteiger partial charge in [-0.05, 0) is 39.8 Å². The van der Waals surface area contributed by atoms with Gasteiger partial charge in [-0.3, -0.25) is 4.79 Å². The zero-order chi connectivity index (χ0) is 15.8. The van der Waals surface area contributed by atoms with Crippen LogP contribution < -0.4 is 11.1 Å². The average molecular weight is 289 g/mol. The number of aromatic nitrogens is 1. The number of rotatable bonds is 3. The van der Waals surface area contributed by atoms with Gasteiger partial charge in [0.2, 0.25) is 5.91 Å². The summed E-state index contributed by atoms with van der Waals surface area (Å²) in [4.78, 5) is 15.4. The van der Waals surface area contributed by atoms with Crippen LogP contribution in [0.3, 0.4) is 0 Å². The van der Waals surface area contributed by atoms with Crippen LogP contribution in [-0.4, -0.2) is 16.4 Å². The zero-order valence-electron chi connectivity index (χ0n) is 11.8. The van der Waals surface area contributed by atoms with E-state index in [9.17, 15) is 18.0 Å². The molecule has 0 aliphatic rings. The van der Waals surface area contributed by atoms with E-state index in [0.717, 1.165) is 18.3 Å². The van der Waals surface area contributed by atoms with Gasteiger partial charge in [0.15, 0.2) is 0 Å². The number of amides is 1. The third-order valence-electron chi connectivity index (χ3n) is 3.49. The minimum atomic E-state index is -4.50. The second-order valence-electron chi connectivity index (χ2n) is 5.73. The van der Waals surface area contributed by atoms with Crippen LogP contribution in [0.4, 0.5) is 18.9 Å². The summed E-state index contributed by atoms with van der Waals surface area (Å²) in [5.74, 6) is -0.383. The van der Waals surface area contributed by atoms with E-state index in [4.69, 9.17) is 5.73 Å². The first kappa shape index (κ1) is 16.4. The second-order valence-corrected chi connectivity index (χ2v) is 5.73. The highest BCUT2D eigenvalue weighted by Gasteiger charge is 2.40. The first-order valence-corrected chi connectivity index (χ1v) is 5.99. The number of nitrogens with two attached hydrogens (primary N) is 1. The van der Waals surface area contributed by atoms with Gasteiger partial charge < -0.3 is 11.1 Å². The molecule has 0 spiro atoms. The van der Waals surface area contributed by atoms with E-state index in [-0.39, 0.29) is 11.6 Å². The highest BCUT2D eigenvalue weighted by Crippen LogP contribution is 2.31. The Hall–Kier alpha value is -1.63. The number of alkyl halides is 3. The minimum Gasteiger partial charge on any atom is -0.325 e. The van der Waals surface area contributed by atoms with Crippen LogP contribution in [-0.2, 0) is 11.0 Å². The van der Waals surface area contributed by atoms with Crippen molar-refractivity contribution in [2.45, 2.75) is 39.4 Å². The van der Waals surface area contributed by atoms with Gasteiger partial charge in [0, 0.05) is 5.54 Å². The van der Waals surface area contributed by atoms with Crippen LogP contribution in [0, 0.1) is 5.41 Å². The Morgan fingerprint density at radius 2 is 1.75 bits per heavy atom. The maximum absolute atomic E-state index is 12.4. The quantitative estimate of drug-likeness (QED) is 0.899. The fraction of sp³-hybridized carbons (Fsp3) is 0.538. The Labute approximate surface area is 115 Å². The van der Waals surface area contributed by atoms with Crippen molar-refractivity contribution in [3.8, 4) is 0 Å². The predicted molar refractivity (Wildman–Crippen MR) is 69.9 cm³/mol. The number of hydrogen-bond donors (Lipinski definition) is 2. The van der Waals surface area contributed by atoms with Crippen LogP contribution in [0.25, 0.3) is 0 Å². The molecule has 0 radical (unpaired) electrons. The second kappa shape index (κ2) is 5.05. The highest BCUT2D eigenvalue weighted by atomic mass is 19.4. The Balaban J connectivity index is 2.88. The SMILES string of the molecule is CC(C)(N)C(C)(C)C(=O)Nc1ccc(C(F)(F)F)nc1. The number of carbonyl (C=O) groups is 1. The number of hydrogen-bond acceptors (Lipinski definition) is 3. The molecule has 0 unspecified atom stereocenters. The molecule has 0 aliphatic carbocycles. The molecule has 0 aliphatic heterocycles. The van der Waals surface area contributed by atoms with E-state index in [1.807, 2.05) is 0 Å². The molecule has 0 saturated heterocycles. The first-order chi connectivity index (χ1) is 8.85. The maximum Gasteiger partial charge on any atom is 0.433 e. The summed E-state index contributed by atoms with van der Waals surface area (Å²) in [6, 6.07) is 1.98. The molecule has 112 valence electrons. The third-order valence-corrected chi connectivity index (χ3v) is 3.49. The summed E-state index contributed by atoms with van der Waals surface area (Å²) >= 11 is 0. The summed E-state index contributed by atoms with van der Waals surface area (Å²) in [5.41, 5.74) is 3.44. The number of carbonyl (C=O) groups excluding carboxylic acids is 1. The van der Waals surface area contributed by atoms with Gasteiger partial charge in [0.25, 0.3) is 0 Å². The largest absolute Gasteiger partial charge is 0.433 e. The normalized spacial score (nSPS) is 13.2. The van der Waals surface area contributed by atoms with Crippen molar-refractivity contribution in [3.05, 3.63) is 24.0 Å². The molecule has 0 fully saturated rings. The van der Waals surface area contributed by atoms with E-state index in [1.165, 1.54) is 0 Å². The van der Waals surface area contributed by atoms with Gasteiger partial charge in [-0.2, -0.15) is 13.2 Å². The number of halogens is 3. The number of nitrogens with one attached hydrogen (secondary N) is 1. The van der Waals surface area contributed by atoms with Crippen LogP contribution >= 0.6 is 0 Å². The molecule has 7 heteroatoms. The zero-order valence-corrected chi connectivity index (χ0v) is 11.8. The lowest BCUT2D eigenvalue weighted by Gasteiger charge is -2.36. The van der Waals surface area contributed by atoms with Crippen molar-refractivity contribution in [2.75, 3.05) is 5.32 Å². The number of anilines is 1. The maximum atomic E-state index is 12.4. The molecule has 1 aromatic heterocycles. The molecular formula is C13H18F3N3O. The van der Waals surface area contributed by atoms with Gasteiger partial charge in [-0.15, -0.1) is 0 Å². The first-order valence-electron chi connectivity index (χ1n) is 5.99. The molecule has 0 bridgehead atoms. The molecule has 4 nitrogen and oxygen atoms in total. The van der Waals surface area contributed by atoms with Crippen molar-refractivity contribution < 1.29 is 18.0 Å². The molecule has 1 amide bonds. The number of nitrogens with zero attached hydrogens (tertiary/aromatic N) is 1. The third kappa shape index (κ3) is 3.47. The van der Waals surface area contributed by atoms with E-state index < -0.39 is 22.8 Å². The molecule has 3 N–H and O–H groups in total. The summed E-state index contributed by atoms with van der Waals surface area (Å²) in [7, 11) is 0. The van der Waals surface area contributed by atoms with Crippen LogP contribution in [0.2, 0.25) is 0 Å². The van der Waals surface area contributed by atoms with Gasteiger partial charge in [-0.1, -0.05) is 0 Å². The fourth-order valence-corrected chi connectivity index (χ4v) is 1.22. The Morgan fingerprint density at radius 3 is 2.10 bits per heavy atom. The van der Waals surface area contributed by atoms with E-state index >= 15 is 0 Å². The van der Waals surface area contributed by atoms with Crippen molar-refractivity contribution in [1.82, 2.24) is 4.98 Å². The Morgan fingerprint density at radius 1 is 1.20 bits per heavy atom. The summed E-state index contributed by atoms with van der Waals surface area (Å²) in [6.07, 6.45) is -3.53. The van der Waals surface area contributed by atoms with Crippen LogP contribution in [0.15, 0.2) is 18.3 Å². The van der Waals surface area contributed by atoms with Crippen molar-refractivity contribution >= 4 is 11.6 Å². The smallest absolute Gasteiger partial charge is 0.325 e.